The number of rotatable bonds is 8. The number of methoxy groups -OCH3 is 2. The van der Waals surface area contributed by atoms with E-state index in [2.05, 4.69) is 10.3 Å². The Balaban J connectivity index is 2.59. The minimum Gasteiger partial charge on any atom is -0.496 e. The van der Waals surface area contributed by atoms with E-state index in [1.165, 1.54) is 0 Å². The molecule has 106 valence electrons. The molecule has 5 heteroatoms. The van der Waals surface area contributed by atoms with Crippen LogP contribution < -0.4 is 10.1 Å². The molecule has 5 nitrogen and oxygen atoms in total. The van der Waals surface area contributed by atoms with E-state index in [0.717, 1.165) is 22.6 Å². The van der Waals surface area contributed by atoms with E-state index in [1.54, 1.807) is 20.4 Å². The van der Waals surface area contributed by atoms with Crippen molar-refractivity contribution in [2.45, 2.75) is 20.3 Å². The van der Waals surface area contributed by atoms with Crippen molar-refractivity contribution in [2.75, 3.05) is 33.9 Å². The monoisotopic (exact) mass is 266 g/mol. The number of hydrogen-bond acceptors (Lipinski definition) is 5. The average Bonchev–Trinajstić information content (AvgIpc) is 2.39. The van der Waals surface area contributed by atoms with Crippen LogP contribution in [0.4, 0.5) is 0 Å². The van der Waals surface area contributed by atoms with E-state index in [1.807, 2.05) is 13.8 Å². The summed E-state index contributed by atoms with van der Waals surface area (Å²) in [7, 11) is 3.27. The Morgan fingerprint density at radius 2 is 2.11 bits per heavy atom. The van der Waals surface area contributed by atoms with Crippen molar-refractivity contribution >= 4 is 5.78 Å². The molecule has 1 rings (SSSR count). The molecule has 19 heavy (non-hydrogen) atoms. The summed E-state index contributed by atoms with van der Waals surface area (Å²) in [6.07, 6.45) is 2.06. The fourth-order valence-corrected chi connectivity index (χ4v) is 1.90. The first-order chi connectivity index (χ1) is 9.10. The maximum absolute atomic E-state index is 11.8. The average molecular weight is 266 g/mol. The molecule has 0 saturated heterocycles. The second-order valence-corrected chi connectivity index (χ2v) is 4.43. The van der Waals surface area contributed by atoms with Crippen LogP contribution in [0.2, 0.25) is 0 Å². The van der Waals surface area contributed by atoms with Gasteiger partial charge in [0.05, 0.1) is 32.4 Å². The van der Waals surface area contributed by atoms with E-state index < -0.39 is 0 Å². The smallest absolute Gasteiger partial charge is 0.152 e. The molecule has 1 N–H and O–H groups in total. The molecular weight excluding hydrogens is 244 g/mol. The quantitative estimate of drug-likeness (QED) is 0.713. The van der Waals surface area contributed by atoms with Crippen LogP contribution in [0, 0.1) is 13.8 Å². The number of carbonyl (C=O) groups excluding carboxylic acids is 1. The zero-order valence-corrected chi connectivity index (χ0v) is 12.1. The van der Waals surface area contributed by atoms with Gasteiger partial charge in [-0.3, -0.25) is 9.78 Å². The Labute approximate surface area is 114 Å². The number of Topliss-reactive ketones (excluding diaryl/α,β-unsaturated/α-hetero) is 1. The van der Waals surface area contributed by atoms with Gasteiger partial charge in [-0.1, -0.05) is 0 Å². The molecule has 0 spiro atoms. The molecular formula is C14H22N2O3. The van der Waals surface area contributed by atoms with Gasteiger partial charge < -0.3 is 14.8 Å². The van der Waals surface area contributed by atoms with Crippen molar-refractivity contribution in [3.05, 3.63) is 23.0 Å². The first-order valence-corrected chi connectivity index (χ1v) is 6.30. The first kappa shape index (κ1) is 15.6. The van der Waals surface area contributed by atoms with Crippen molar-refractivity contribution in [1.82, 2.24) is 10.3 Å². The number of nitrogens with zero attached hydrogens (tertiary/aromatic N) is 1. The van der Waals surface area contributed by atoms with Crippen LogP contribution in [0.15, 0.2) is 6.20 Å². The van der Waals surface area contributed by atoms with E-state index in [4.69, 9.17) is 9.47 Å². The molecule has 0 amide bonds. The van der Waals surface area contributed by atoms with Gasteiger partial charge in [0, 0.05) is 31.0 Å². The van der Waals surface area contributed by atoms with E-state index in [9.17, 15) is 4.79 Å². The Bertz CT molecular complexity index is 433. The number of hydrogen-bond donors (Lipinski definition) is 1. The van der Waals surface area contributed by atoms with Crippen LogP contribution >= 0.6 is 0 Å². The topological polar surface area (TPSA) is 60.5 Å². The van der Waals surface area contributed by atoms with E-state index in [-0.39, 0.29) is 5.78 Å². The highest BCUT2D eigenvalue weighted by molar-refractivity contribution is 5.82. The first-order valence-electron chi connectivity index (χ1n) is 6.30. The van der Waals surface area contributed by atoms with Crippen LogP contribution in [0.5, 0.6) is 5.75 Å². The molecule has 1 heterocycles. The molecule has 0 aliphatic rings. The minimum absolute atomic E-state index is 0.109. The van der Waals surface area contributed by atoms with Crippen LogP contribution in [0.3, 0.4) is 0 Å². The Morgan fingerprint density at radius 3 is 2.74 bits per heavy atom. The molecule has 1 aromatic rings. The number of nitrogens with one attached hydrogen (secondary N) is 1. The molecule has 0 aliphatic carbocycles. The lowest BCUT2D eigenvalue weighted by molar-refractivity contribution is -0.117. The Hall–Kier alpha value is -1.46. The zero-order valence-electron chi connectivity index (χ0n) is 12.1. The Kier molecular flexibility index (Phi) is 6.45. The van der Waals surface area contributed by atoms with Crippen molar-refractivity contribution in [3.8, 4) is 5.75 Å². The predicted molar refractivity (Wildman–Crippen MR) is 73.7 cm³/mol. The summed E-state index contributed by atoms with van der Waals surface area (Å²) in [5.41, 5.74) is 2.70. The van der Waals surface area contributed by atoms with Crippen molar-refractivity contribution < 1.29 is 14.3 Å². The van der Waals surface area contributed by atoms with Crippen LogP contribution in [0.25, 0.3) is 0 Å². The van der Waals surface area contributed by atoms with E-state index in [0.29, 0.717) is 26.1 Å². The lowest BCUT2D eigenvalue weighted by atomic mass is 10.1. The van der Waals surface area contributed by atoms with Gasteiger partial charge in [-0.25, -0.2) is 0 Å². The largest absolute Gasteiger partial charge is 0.496 e. The molecule has 0 aromatic carbocycles. The minimum atomic E-state index is 0.109. The van der Waals surface area contributed by atoms with Gasteiger partial charge in [-0.05, 0) is 13.8 Å². The highest BCUT2D eigenvalue weighted by atomic mass is 16.5. The normalized spacial score (nSPS) is 10.5. The van der Waals surface area contributed by atoms with Gasteiger partial charge in [0.25, 0.3) is 0 Å². The van der Waals surface area contributed by atoms with Gasteiger partial charge in [0.1, 0.15) is 5.75 Å². The summed E-state index contributed by atoms with van der Waals surface area (Å²) in [6, 6.07) is 0. The zero-order chi connectivity index (χ0) is 14.3. The summed E-state index contributed by atoms with van der Waals surface area (Å²) in [5.74, 6) is 0.919. The molecule has 0 saturated carbocycles. The van der Waals surface area contributed by atoms with Crippen molar-refractivity contribution in [2.24, 2.45) is 0 Å². The van der Waals surface area contributed by atoms with Crippen LogP contribution in [-0.2, 0) is 16.0 Å². The SMILES string of the molecule is COCCNCC(=O)Cc1ncc(C)c(OC)c1C. The second-order valence-electron chi connectivity index (χ2n) is 4.43. The second kappa shape index (κ2) is 7.86. The van der Waals surface area contributed by atoms with Gasteiger partial charge in [-0.15, -0.1) is 0 Å². The fourth-order valence-electron chi connectivity index (χ4n) is 1.90. The standard InChI is InChI=1S/C14H22N2O3/c1-10-8-16-13(11(2)14(10)19-4)7-12(17)9-15-5-6-18-3/h8,15H,5-7,9H2,1-4H3. The highest BCUT2D eigenvalue weighted by Crippen LogP contribution is 2.24. The fraction of sp³-hybridized carbons (Fsp3) is 0.571. The summed E-state index contributed by atoms with van der Waals surface area (Å²) >= 11 is 0. The van der Waals surface area contributed by atoms with Gasteiger partial charge in [0.2, 0.25) is 0 Å². The van der Waals surface area contributed by atoms with Gasteiger partial charge in [0.15, 0.2) is 5.78 Å². The number of aryl methyl sites for hydroxylation is 1. The molecule has 1 aromatic heterocycles. The van der Waals surface area contributed by atoms with E-state index >= 15 is 0 Å². The molecule has 0 fully saturated rings. The number of ketones is 1. The summed E-state index contributed by atoms with van der Waals surface area (Å²) in [6.45, 7) is 5.48. The molecule has 0 bridgehead atoms. The maximum atomic E-state index is 11.8. The van der Waals surface area contributed by atoms with Crippen LogP contribution in [-0.4, -0.2) is 44.7 Å². The van der Waals surface area contributed by atoms with Gasteiger partial charge >= 0.3 is 0 Å². The number of ether oxygens (including phenoxy) is 2. The maximum Gasteiger partial charge on any atom is 0.152 e. The van der Waals surface area contributed by atoms with Crippen molar-refractivity contribution in [1.29, 1.82) is 0 Å². The summed E-state index contributed by atoms with van der Waals surface area (Å²) in [5, 5.41) is 3.03. The molecule has 0 unspecified atom stereocenters. The molecule has 0 radical (unpaired) electrons. The summed E-state index contributed by atoms with van der Waals surface area (Å²) < 4.78 is 10.2. The third-order valence-electron chi connectivity index (χ3n) is 2.92. The lowest BCUT2D eigenvalue weighted by Gasteiger charge is -2.12. The lowest BCUT2D eigenvalue weighted by Crippen LogP contribution is -2.27. The van der Waals surface area contributed by atoms with Gasteiger partial charge in [-0.2, -0.15) is 0 Å². The third kappa shape index (κ3) is 4.61. The van der Waals surface area contributed by atoms with Crippen LogP contribution in [0.1, 0.15) is 16.8 Å². The molecule has 0 atom stereocenters. The highest BCUT2D eigenvalue weighted by Gasteiger charge is 2.12. The summed E-state index contributed by atoms with van der Waals surface area (Å²) in [4.78, 5) is 16.1. The van der Waals surface area contributed by atoms with Crippen molar-refractivity contribution in [3.63, 3.8) is 0 Å². The number of aromatic nitrogens is 1. The molecule has 0 aliphatic heterocycles. The third-order valence-corrected chi connectivity index (χ3v) is 2.92. The number of carbonyl (C=O) groups is 1. The Morgan fingerprint density at radius 1 is 1.37 bits per heavy atom. The predicted octanol–water partition coefficient (Wildman–Crippen LogP) is 1.05. The number of pyridine rings is 1.